The number of hydrogen-bond acceptors (Lipinski definition) is 2. The van der Waals surface area contributed by atoms with Gasteiger partial charge >= 0.3 is 0 Å². The Bertz CT molecular complexity index is 361. The van der Waals surface area contributed by atoms with Crippen molar-refractivity contribution >= 4 is 0 Å². The molecule has 2 aliphatic carbocycles. The second kappa shape index (κ2) is 3.88. The number of hydrogen-bond donors (Lipinski definition) is 1. The minimum atomic E-state index is 0.709. The molecule has 0 aromatic carbocycles. The molecule has 1 N–H and O–H groups in total. The molecule has 1 aromatic heterocycles. The zero-order valence-electron chi connectivity index (χ0n) is 10.1. The summed E-state index contributed by atoms with van der Waals surface area (Å²) in [5.41, 5.74) is 2.02. The van der Waals surface area contributed by atoms with E-state index < -0.39 is 0 Å². The smallest absolute Gasteiger partial charge is 0.0534 e. The molecule has 0 atom stereocenters. The summed E-state index contributed by atoms with van der Waals surface area (Å²) in [6.07, 6.45) is 10.00. The summed E-state index contributed by atoms with van der Waals surface area (Å²) in [6.45, 7) is 5.28. The van der Waals surface area contributed by atoms with Gasteiger partial charge in [0.25, 0.3) is 0 Å². The van der Waals surface area contributed by atoms with Crippen molar-refractivity contribution in [3.63, 3.8) is 0 Å². The van der Waals surface area contributed by atoms with Crippen LogP contribution < -0.4 is 5.32 Å². The van der Waals surface area contributed by atoms with E-state index in [9.17, 15) is 0 Å². The van der Waals surface area contributed by atoms with E-state index in [0.717, 1.165) is 19.0 Å². The van der Waals surface area contributed by atoms with Crippen molar-refractivity contribution < 1.29 is 0 Å². The van der Waals surface area contributed by atoms with Gasteiger partial charge in [-0.2, -0.15) is 5.10 Å². The fraction of sp³-hybridized carbons (Fsp3) is 0.769. The molecule has 0 bridgehead atoms. The first-order valence-corrected chi connectivity index (χ1v) is 6.54. The van der Waals surface area contributed by atoms with Crippen LogP contribution in [0.25, 0.3) is 0 Å². The average molecular weight is 219 g/mol. The molecule has 16 heavy (non-hydrogen) atoms. The van der Waals surface area contributed by atoms with Gasteiger partial charge in [-0.25, -0.2) is 0 Å². The van der Waals surface area contributed by atoms with Crippen molar-refractivity contribution in [2.45, 2.75) is 45.7 Å². The molecule has 0 aliphatic heterocycles. The minimum absolute atomic E-state index is 0.709. The lowest BCUT2D eigenvalue weighted by Gasteiger charge is -2.14. The van der Waals surface area contributed by atoms with Crippen LogP contribution in [0.4, 0.5) is 0 Å². The number of nitrogens with zero attached hydrogens (tertiary/aromatic N) is 2. The normalized spacial score (nSPS) is 22.3. The summed E-state index contributed by atoms with van der Waals surface area (Å²) < 4.78 is 1.99. The predicted octanol–water partition coefficient (Wildman–Crippen LogP) is 2.18. The quantitative estimate of drug-likeness (QED) is 0.794. The van der Waals surface area contributed by atoms with Crippen molar-refractivity contribution in [1.29, 1.82) is 0 Å². The highest BCUT2D eigenvalue weighted by atomic mass is 15.3. The maximum atomic E-state index is 4.29. The van der Waals surface area contributed by atoms with Gasteiger partial charge in [0.15, 0.2) is 0 Å². The molecule has 0 spiro atoms. The molecule has 1 aromatic rings. The first-order chi connectivity index (χ1) is 7.82. The maximum absolute atomic E-state index is 4.29. The summed E-state index contributed by atoms with van der Waals surface area (Å²) in [5, 5.41) is 7.90. The third kappa shape index (κ3) is 2.01. The molecule has 1 heterocycles. The third-order valence-electron chi connectivity index (χ3n) is 4.15. The lowest BCUT2D eigenvalue weighted by atomic mass is 10.0. The van der Waals surface area contributed by atoms with Gasteiger partial charge in [-0.3, -0.25) is 4.68 Å². The monoisotopic (exact) mass is 219 g/mol. The minimum Gasteiger partial charge on any atom is -0.312 e. The maximum Gasteiger partial charge on any atom is 0.0534 e. The van der Waals surface area contributed by atoms with Crippen LogP contribution in [0.1, 0.15) is 38.2 Å². The van der Waals surface area contributed by atoms with E-state index >= 15 is 0 Å². The predicted molar refractivity (Wildman–Crippen MR) is 64.0 cm³/mol. The van der Waals surface area contributed by atoms with E-state index in [4.69, 9.17) is 0 Å². The Labute approximate surface area is 97.2 Å². The Morgan fingerprint density at radius 3 is 2.88 bits per heavy atom. The molecule has 2 aliphatic rings. The lowest BCUT2D eigenvalue weighted by Crippen LogP contribution is -2.24. The Hall–Kier alpha value is -0.830. The van der Waals surface area contributed by atoms with Crippen molar-refractivity contribution in [3.8, 4) is 0 Å². The molecule has 0 amide bonds. The van der Waals surface area contributed by atoms with Gasteiger partial charge in [-0.05, 0) is 43.9 Å². The molecule has 0 saturated heterocycles. The molecule has 88 valence electrons. The molecule has 3 nitrogen and oxygen atoms in total. The first-order valence-electron chi connectivity index (χ1n) is 6.54. The molecule has 2 saturated carbocycles. The standard InChI is InChI=1S/C13H21N3/c1-2-16-9-11(8-15-16)7-14-10-13(5-6-13)12-3-4-12/h8-9,12,14H,2-7,10H2,1H3. The summed E-state index contributed by atoms with van der Waals surface area (Å²) in [5.74, 6) is 1.05. The van der Waals surface area contributed by atoms with Crippen molar-refractivity contribution in [3.05, 3.63) is 18.0 Å². The summed E-state index contributed by atoms with van der Waals surface area (Å²) in [7, 11) is 0. The number of rotatable bonds is 6. The van der Waals surface area contributed by atoms with Crippen molar-refractivity contribution in [1.82, 2.24) is 15.1 Å². The van der Waals surface area contributed by atoms with Gasteiger partial charge in [-0.15, -0.1) is 0 Å². The van der Waals surface area contributed by atoms with Crippen LogP contribution in [-0.4, -0.2) is 16.3 Å². The van der Waals surface area contributed by atoms with Gasteiger partial charge in [0, 0.05) is 31.4 Å². The highest BCUT2D eigenvalue weighted by molar-refractivity contribution is 5.07. The van der Waals surface area contributed by atoms with Crippen LogP contribution in [0.15, 0.2) is 12.4 Å². The topological polar surface area (TPSA) is 29.9 Å². The highest BCUT2D eigenvalue weighted by Gasteiger charge is 2.53. The molecule has 2 fully saturated rings. The SMILES string of the molecule is CCn1cc(CNCC2(C3CC3)CC2)cn1. The Morgan fingerprint density at radius 1 is 1.50 bits per heavy atom. The number of nitrogens with one attached hydrogen (secondary N) is 1. The Balaban J connectivity index is 1.46. The second-order valence-corrected chi connectivity index (χ2v) is 5.44. The molecular formula is C13H21N3. The number of aryl methyl sites for hydroxylation is 1. The van der Waals surface area contributed by atoms with E-state index in [2.05, 4.69) is 23.5 Å². The van der Waals surface area contributed by atoms with Crippen LogP contribution in [0.3, 0.4) is 0 Å². The van der Waals surface area contributed by atoms with Crippen LogP contribution in [0.5, 0.6) is 0 Å². The van der Waals surface area contributed by atoms with Gasteiger partial charge in [-0.1, -0.05) is 0 Å². The van der Waals surface area contributed by atoms with E-state index in [1.807, 2.05) is 10.9 Å². The van der Waals surface area contributed by atoms with E-state index in [1.54, 1.807) is 0 Å². The van der Waals surface area contributed by atoms with Crippen LogP contribution >= 0.6 is 0 Å². The third-order valence-corrected chi connectivity index (χ3v) is 4.15. The Kier molecular flexibility index (Phi) is 2.51. The molecule has 0 unspecified atom stereocenters. The summed E-state index contributed by atoms with van der Waals surface area (Å²) in [4.78, 5) is 0. The molecule has 0 radical (unpaired) electrons. The number of aromatic nitrogens is 2. The molecular weight excluding hydrogens is 198 g/mol. The second-order valence-electron chi connectivity index (χ2n) is 5.44. The van der Waals surface area contributed by atoms with Crippen molar-refractivity contribution in [2.24, 2.45) is 11.3 Å². The van der Waals surface area contributed by atoms with Crippen molar-refractivity contribution in [2.75, 3.05) is 6.54 Å². The van der Waals surface area contributed by atoms with Crippen LogP contribution in [0, 0.1) is 11.3 Å². The van der Waals surface area contributed by atoms with Gasteiger partial charge in [0.2, 0.25) is 0 Å². The van der Waals surface area contributed by atoms with Gasteiger partial charge in [0.1, 0.15) is 0 Å². The first kappa shape index (κ1) is 10.3. The zero-order valence-corrected chi connectivity index (χ0v) is 10.1. The summed E-state index contributed by atoms with van der Waals surface area (Å²) in [6, 6.07) is 0. The summed E-state index contributed by atoms with van der Waals surface area (Å²) >= 11 is 0. The average Bonchev–Trinajstić information content (AvgIpc) is 3.17. The molecule has 3 rings (SSSR count). The Morgan fingerprint density at radius 2 is 2.31 bits per heavy atom. The van der Waals surface area contributed by atoms with E-state index in [-0.39, 0.29) is 0 Å². The van der Waals surface area contributed by atoms with Crippen LogP contribution in [0.2, 0.25) is 0 Å². The fourth-order valence-corrected chi connectivity index (χ4v) is 2.71. The zero-order chi connectivity index (χ0) is 11.0. The van der Waals surface area contributed by atoms with Gasteiger partial charge < -0.3 is 5.32 Å². The largest absolute Gasteiger partial charge is 0.312 e. The van der Waals surface area contributed by atoms with E-state index in [1.165, 1.54) is 37.8 Å². The lowest BCUT2D eigenvalue weighted by molar-refractivity contribution is 0.403. The molecule has 3 heteroatoms. The van der Waals surface area contributed by atoms with E-state index in [0.29, 0.717) is 5.41 Å². The van der Waals surface area contributed by atoms with Crippen LogP contribution in [-0.2, 0) is 13.1 Å². The highest BCUT2D eigenvalue weighted by Crippen LogP contribution is 2.60. The fourth-order valence-electron chi connectivity index (χ4n) is 2.71. The van der Waals surface area contributed by atoms with Gasteiger partial charge in [0.05, 0.1) is 6.20 Å².